The number of ether oxygens (including phenoxy) is 1. The smallest absolute Gasteiger partial charge is 0.298 e. The fourth-order valence-electron chi connectivity index (χ4n) is 5.23. The quantitative estimate of drug-likeness (QED) is 0.580. The summed E-state index contributed by atoms with van der Waals surface area (Å²) in [5.41, 5.74) is 2.70. The molecule has 1 unspecified atom stereocenters. The van der Waals surface area contributed by atoms with Crippen LogP contribution < -0.4 is 10.1 Å². The molecule has 2 aliphatic rings. The van der Waals surface area contributed by atoms with Crippen molar-refractivity contribution in [3.8, 4) is 17.0 Å². The minimum Gasteiger partial charge on any atom is -0.428 e. The first-order valence-electron chi connectivity index (χ1n) is 11.8. The van der Waals surface area contributed by atoms with Crippen LogP contribution in [0.4, 0.5) is 5.82 Å². The molecular weight excluding hydrogens is 414 g/mol. The molecule has 2 fully saturated rings. The van der Waals surface area contributed by atoms with E-state index >= 15 is 0 Å². The summed E-state index contributed by atoms with van der Waals surface area (Å²) in [6.45, 7) is 4.72. The molecule has 3 heterocycles. The van der Waals surface area contributed by atoms with Gasteiger partial charge in [0.1, 0.15) is 11.4 Å². The van der Waals surface area contributed by atoms with Crippen LogP contribution in [0.3, 0.4) is 0 Å². The summed E-state index contributed by atoms with van der Waals surface area (Å²) in [7, 11) is 4.29. The van der Waals surface area contributed by atoms with Crippen LogP contribution in [-0.2, 0) is 4.79 Å². The molecular formula is C26H31N5O2. The van der Waals surface area contributed by atoms with Gasteiger partial charge in [-0.2, -0.15) is 0 Å². The van der Waals surface area contributed by atoms with Gasteiger partial charge in [0, 0.05) is 35.5 Å². The molecule has 1 aromatic heterocycles. The summed E-state index contributed by atoms with van der Waals surface area (Å²) in [4.78, 5) is 16.0. The summed E-state index contributed by atoms with van der Waals surface area (Å²) < 4.78 is 5.45. The maximum absolute atomic E-state index is 11.3. The summed E-state index contributed by atoms with van der Waals surface area (Å²) in [6.07, 6.45) is 3.40. The fourth-order valence-corrected chi connectivity index (χ4v) is 5.23. The lowest BCUT2D eigenvalue weighted by atomic mass is 9.95. The van der Waals surface area contributed by atoms with E-state index in [4.69, 9.17) is 4.74 Å². The number of piperidine rings is 1. The molecule has 1 N–H and O–H groups in total. The molecule has 7 heteroatoms. The number of aromatic nitrogens is 2. The van der Waals surface area contributed by atoms with E-state index in [9.17, 15) is 4.79 Å². The monoisotopic (exact) mass is 445 g/mol. The van der Waals surface area contributed by atoms with Crippen LogP contribution in [0.1, 0.15) is 30.7 Å². The average molecular weight is 446 g/mol. The minimum absolute atomic E-state index is 0.352. The molecule has 2 atom stereocenters. The number of carbonyl (C=O) groups is 1. The number of carbonyl (C=O) groups excluding carboxylic acids is 1. The minimum atomic E-state index is 0.352. The van der Waals surface area contributed by atoms with Crippen molar-refractivity contribution in [2.75, 3.05) is 45.6 Å². The molecule has 172 valence electrons. The Morgan fingerprint density at radius 1 is 1.00 bits per heavy atom. The van der Waals surface area contributed by atoms with Gasteiger partial charge < -0.3 is 19.9 Å². The van der Waals surface area contributed by atoms with Crippen LogP contribution in [0.2, 0.25) is 0 Å². The second-order valence-electron chi connectivity index (χ2n) is 9.41. The van der Waals surface area contributed by atoms with Gasteiger partial charge in [0.25, 0.3) is 6.47 Å². The highest BCUT2D eigenvalue weighted by Gasteiger charge is 2.24. The zero-order chi connectivity index (χ0) is 22.8. The van der Waals surface area contributed by atoms with Crippen LogP contribution in [0.15, 0.2) is 42.5 Å². The lowest BCUT2D eigenvalue weighted by Gasteiger charge is -2.30. The van der Waals surface area contributed by atoms with Gasteiger partial charge in [-0.05, 0) is 70.1 Å². The Morgan fingerprint density at radius 2 is 1.82 bits per heavy atom. The number of nitrogens with one attached hydrogen (secondary N) is 1. The zero-order valence-corrected chi connectivity index (χ0v) is 19.3. The first kappa shape index (κ1) is 21.8. The van der Waals surface area contributed by atoms with Crippen LogP contribution in [0.5, 0.6) is 5.75 Å². The molecule has 0 amide bonds. The van der Waals surface area contributed by atoms with E-state index in [-0.39, 0.29) is 0 Å². The molecule has 0 radical (unpaired) electrons. The van der Waals surface area contributed by atoms with Crippen LogP contribution in [0, 0.1) is 0 Å². The Kier molecular flexibility index (Phi) is 6.24. The second kappa shape index (κ2) is 9.45. The molecule has 7 nitrogen and oxygen atoms in total. The number of hydrogen-bond donors (Lipinski definition) is 1. The van der Waals surface area contributed by atoms with Crippen molar-refractivity contribution in [3.63, 3.8) is 0 Å². The van der Waals surface area contributed by atoms with Crippen molar-refractivity contribution in [3.05, 3.63) is 48.0 Å². The highest BCUT2D eigenvalue weighted by molar-refractivity contribution is 6.01. The summed E-state index contributed by atoms with van der Waals surface area (Å²) in [6, 6.07) is 14.7. The van der Waals surface area contributed by atoms with Crippen molar-refractivity contribution in [1.29, 1.82) is 0 Å². The molecule has 0 aliphatic carbocycles. The van der Waals surface area contributed by atoms with E-state index in [2.05, 4.69) is 57.6 Å². The van der Waals surface area contributed by atoms with Crippen molar-refractivity contribution in [1.82, 2.24) is 20.0 Å². The average Bonchev–Trinajstić information content (AvgIpc) is 3.26. The Balaban J connectivity index is 1.52. The standard InChI is InChI=1S/C26H31N5O2/c1-30-12-5-6-20(16-30)27-26-22-8-4-3-7-21(22)25(28-29-26)23-10-9-18(14-24(23)33-17-32)19-11-13-31(2)15-19/h3-4,7-10,14,17,19-20H,5-6,11-13,15-16H2,1-2H3,(H,27,29)/t19?,20-/m1/s1. The van der Waals surface area contributed by atoms with Gasteiger partial charge in [-0.1, -0.05) is 30.3 Å². The number of likely N-dealkylation sites (N-methyl/N-ethyl adjacent to an activating group) is 2. The summed E-state index contributed by atoms with van der Waals surface area (Å²) >= 11 is 0. The summed E-state index contributed by atoms with van der Waals surface area (Å²) in [5.74, 6) is 1.78. The molecule has 3 aromatic rings. The van der Waals surface area contributed by atoms with E-state index in [0.29, 0.717) is 24.2 Å². The zero-order valence-electron chi connectivity index (χ0n) is 19.3. The topological polar surface area (TPSA) is 70.6 Å². The fraction of sp³-hybridized carbons (Fsp3) is 0.423. The SMILES string of the molecule is CN1CCC(c2ccc(-c3nnc(N[C@@H]4CCCN(C)C4)c4ccccc34)c(OC=O)c2)C1. The van der Waals surface area contributed by atoms with E-state index in [1.165, 1.54) is 12.0 Å². The number of fused-ring (bicyclic) bond motifs is 1. The number of hydrogen-bond acceptors (Lipinski definition) is 7. The second-order valence-corrected chi connectivity index (χ2v) is 9.41. The van der Waals surface area contributed by atoms with Crippen LogP contribution in [-0.4, -0.2) is 72.8 Å². The third-order valence-corrected chi connectivity index (χ3v) is 6.95. The number of likely N-dealkylation sites (tertiary alicyclic amines) is 2. The van der Waals surface area contributed by atoms with Gasteiger partial charge in [0.2, 0.25) is 0 Å². The Bertz CT molecular complexity index is 1150. The van der Waals surface area contributed by atoms with Crippen molar-refractivity contribution in [2.45, 2.75) is 31.2 Å². The van der Waals surface area contributed by atoms with Gasteiger partial charge >= 0.3 is 0 Å². The first-order chi connectivity index (χ1) is 16.1. The molecule has 33 heavy (non-hydrogen) atoms. The Labute approximate surface area is 194 Å². The lowest BCUT2D eigenvalue weighted by molar-refractivity contribution is -0.120. The predicted octanol–water partition coefficient (Wildman–Crippen LogP) is 3.76. The molecule has 2 saturated heterocycles. The van der Waals surface area contributed by atoms with Crippen molar-refractivity contribution in [2.24, 2.45) is 0 Å². The Hall–Kier alpha value is -3.03. The highest BCUT2D eigenvalue weighted by atomic mass is 16.5. The molecule has 2 aromatic carbocycles. The molecule has 2 aliphatic heterocycles. The van der Waals surface area contributed by atoms with E-state index < -0.39 is 0 Å². The largest absolute Gasteiger partial charge is 0.428 e. The number of anilines is 1. The number of benzene rings is 2. The van der Waals surface area contributed by atoms with Gasteiger partial charge in [0.15, 0.2) is 5.82 Å². The number of rotatable bonds is 6. The predicted molar refractivity (Wildman–Crippen MR) is 131 cm³/mol. The normalized spacial score (nSPS) is 21.9. The van der Waals surface area contributed by atoms with Crippen LogP contribution in [0.25, 0.3) is 22.0 Å². The molecule has 0 bridgehead atoms. The van der Waals surface area contributed by atoms with Gasteiger partial charge in [0.05, 0.1) is 0 Å². The summed E-state index contributed by atoms with van der Waals surface area (Å²) in [5, 5.41) is 14.8. The third-order valence-electron chi connectivity index (χ3n) is 6.95. The molecule has 0 spiro atoms. The molecule has 0 saturated carbocycles. The van der Waals surface area contributed by atoms with E-state index in [1.807, 2.05) is 24.3 Å². The third kappa shape index (κ3) is 4.56. The van der Waals surface area contributed by atoms with E-state index in [0.717, 1.165) is 66.9 Å². The van der Waals surface area contributed by atoms with Gasteiger partial charge in [-0.25, -0.2) is 0 Å². The Morgan fingerprint density at radius 3 is 2.58 bits per heavy atom. The van der Waals surface area contributed by atoms with E-state index in [1.54, 1.807) is 0 Å². The lowest BCUT2D eigenvalue weighted by Crippen LogP contribution is -2.40. The maximum atomic E-state index is 11.3. The van der Waals surface area contributed by atoms with Crippen molar-refractivity contribution >= 4 is 23.1 Å². The van der Waals surface area contributed by atoms with Crippen LogP contribution >= 0.6 is 0 Å². The number of nitrogens with zero attached hydrogens (tertiary/aromatic N) is 4. The van der Waals surface area contributed by atoms with Gasteiger partial charge in [-0.3, -0.25) is 4.79 Å². The highest BCUT2D eigenvalue weighted by Crippen LogP contribution is 2.38. The van der Waals surface area contributed by atoms with Gasteiger partial charge in [-0.15, -0.1) is 10.2 Å². The first-order valence-corrected chi connectivity index (χ1v) is 11.8. The molecule has 5 rings (SSSR count). The maximum Gasteiger partial charge on any atom is 0.298 e. The van der Waals surface area contributed by atoms with Crippen molar-refractivity contribution < 1.29 is 9.53 Å².